The molecule has 1 heterocycles. The van der Waals surface area contributed by atoms with Crippen LogP contribution in [0.25, 0.3) is 10.2 Å². The average Bonchev–Trinajstić information content (AvgIpc) is 2.91. The quantitative estimate of drug-likeness (QED) is 0.484. The second-order valence-corrected chi connectivity index (χ2v) is 8.96. The maximum Gasteiger partial charge on any atom is 0.285 e. The summed E-state index contributed by atoms with van der Waals surface area (Å²) in [6.07, 6.45) is 7.44. The van der Waals surface area contributed by atoms with E-state index in [9.17, 15) is 8.42 Å². The van der Waals surface area contributed by atoms with E-state index < -0.39 is 10.0 Å². The maximum atomic E-state index is 12.6. The number of hydrogen-bond donors (Lipinski definition) is 0. The number of thiazole rings is 1. The van der Waals surface area contributed by atoms with Crippen LogP contribution in [0.4, 0.5) is 0 Å². The summed E-state index contributed by atoms with van der Waals surface area (Å²) in [6, 6.07) is 11.8. The van der Waals surface area contributed by atoms with Gasteiger partial charge in [-0.3, -0.25) is 0 Å². The summed E-state index contributed by atoms with van der Waals surface area (Å²) in [5, 5.41) is 0.466. The van der Waals surface area contributed by atoms with Gasteiger partial charge in [-0.1, -0.05) is 28.9 Å². The number of benzene rings is 2. The van der Waals surface area contributed by atoms with Crippen molar-refractivity contribution in [1.82, 2.24) is 4.57 Å². The van der Waals surface area contributed by atoms with E-state index in [4.69, 9.17) is 18.0 Å². The first kappa shape index (κ1) is 18.1. The molecule has 0 saturated heterocycles. The lowest BCUT2D eigenvalue weighted by Crippen LogP contribution is -2.16. The minimum Gasteiger partial charge on any atom is -0.304 e. The highest BCUT2D eigenvalue weighted by molar-refractivity contribution is 7.98. The van der Waals surface area contributed by atoms with Crippen molar-refractivity contribution in [1.29, 1.82) is 0 Å². The lowest BCUT2D eigenvalue weighted by molar-refractivity contribution is 0.596. The van der Waals surface area contributed by atoms with Crippen molar-refractivity contribution in [3.8, 4) is 12.3 Å². The molecule has 0 unspecified atom stereocenters. The highest BCUT2D eigenvalue weighted by atomic mass is 35.5. The smallest absolute Gasteiger partial charge is 0.285 e. The molecule has 0 saturated carbocycles. The number of fused-ring (bicyclic) bond motifs is 1. The standard InChI is InChI=1S/C17H13ClN2O2S3/c1-3-10-20-15-9-6-13(23-2)11-16(15)24-17(20)19-25(21,22)14-7-4-12(18)5-8-14/h1,4-9,11H,10H2,2H3. The van der Waals surface area contributed by atoms with Gasteiger partial charge >= 0.3 is 0 Å². The largest absolute Gasteiger partial charge is 0.304 e. The summed E-state index contributed by atoms with van der Waals surface area (Å²) in [5.41, 5.74) is 0.866. The summed E-state index contributed by atoms with van der Waals surface area (Å²) in [4.78, 5) is 1.53. The summed E-state index contributed by atoms with van der Waals surface area (Å²) in [7, 11) is -3.85. The first-order valence-corrected chi connectivity index (χ1v) is 11.0. The Morgan fingerprint density at radius 2 is 2.00 bits per heavy atom. The van der Waals surface area contributed by atoms with Gasteiger partial charge in [-0.2, -0.15) is 8.42 Å². The molecule has 3 aromatic rings. The van der Waals surface area contributed by atoms with Gasteiger partial charge < -0.3 is 4.57 Å². The zero-order chi connectivity index (χ0) is 18.0. The monoisotopic (exact) mass is 408 g/mol. The van der Waals surface area contributed by atoms with Gasteiger partial charge in [-0.25, -0.2) is 0 Å². The van der Waals surface area contributed by atoms with Crippen molar-refractivity contribution in [2.24, 2.45) is 4.40 Å². The molecule has 0 aliphatic carbocycles. The lowest BCUT2D eigenvalue weighted by atomic mass is 10.3. The van der Waals surface area contributed by atoms with E-state index in [-0.39, 0.29) is 11.4 Å². The van der Waals surface area contributed by atoms with Crippen LogP contribution in [-0.2, 0) is 16.6 Å². The Morgan fingerprint density at radius 3 is 2.64 bits per heavy atom. The van der Waals surface area contributed by atoms with Gasteiger partial charge in [0.25, 0.3) is 10.0 Å². The fourth-order valence-corrected chi connectivity index (χ4v) is 5.17. The van der Waals surface area contributed by atoms with E-state index in [1.807, 2.05) is 24.5 Å². The van der Waals surface area contributed by atoms with Gasteiger partial charge in [0.05, 0.1) is 21.7 Å². The number of sulfonamides is 1. The summed E-state index contributed by atoms with van der Waals surface area (Å²) < 4.78 is 31.9. The van der Waals surface area contributed by atoms with Gasteiger partial charge in [0.1, 0.15) is 0 Å². The molecule has 0 aliphatic heterocycles. The second kappa shape index (κ2) is 7.26. The van der Waals surface area contributed by atoms with Crippen LogP contribution < -0.4 is 4.80 Å². The molecular weight excluding hydrogens is 396 g/mol. The molecule has 25 heavy (non-hydrogen) atoms. The number of nitrogens with zero attached hydrogens (tertiary/aromatic N) is 2. The first-order valence-electron chi connectivity index (χ1n) is 7.12. The van der Waals surface area contributed by atoms with E-state index >= 15 is 0 Å². The van der Waals surface area contributed by atoms with Crippen LogP contribution in [0, 0.1) is 12.3 Å². The zero-order valence-electron chi connectivity index (χ0n) is 13.1. The highest BCUT2D eigenvalue weighted by Crippen LogP contribution is 2.24. The zero-order valence-corrected chi connectivity index (χ0v) is 16.3. The van der Waals surface area contributed by atoms with Crippen molar-refractivity contribution in [2.45, 2.75) is 16.3 Å². The van der Waals surface area contributed by atoms with Gasteiger partial charge in [0.2, 0.25) is 4.80 Å². The third kappa shape index (κ3) is 3.77. The minimum absolute atomic E-state index is 0.0893. The fraction of sp³-hybridized carbons (Fsp3) is 0.118. The van der Waals surface area contributed by atoms with Crippen LogP contribution >= 0.6 is 34.7 Å². The predicted molar refractivity (Wildman–Crippen MR) is 105 cm³/mol. The SMILES string of the molecule is C#CCn1c(=NS(=O)(=O)c2ccc(Cl)cc2)sc2cc(SC)ccc21. The molecule has 4 nitrogen and oxygen atoms in total. The van der Waals surface area contributed by atoms with Crippen LogP contribution in [0.1, 0.15) is 0 Å². The molecule has 2 aromatic carbocycles. The Hall–Kier alpha value is -1.72. The molecule has 0 atom stereocenters. The van der Waals surface area contributed by atoms with Crippen LogP contribution in [0.5, 0.6) is 0 Å². The summed E-state index contributed by atoms with van der Waals surface area (Å²) in [6.45, 7) is 0.244. The van der Waals surface area contributed by atoms with Crippen molar-refractivity contribution in [3.05, 3.63) is 52.3 Å². The Balaban J connectivity index is 2.22. The number of thioether (sulfide) groups is 1. The topological polar surface area (TPSA) is 51.4 Å². The molecule has 0 aliphatic rings. The van der Waals surface area contributed by atoms with Crippen molar-refractivity contribution < 1.29 is 8.42 Å². The van der Waals surface area contributed by atoms with E-state index in [0.717, 1.165) is 15.1 Å². The highest BCUT2D eigenvalue weighted by Gasteiger charge is 2.14. The number of halogens is 1. The molecule has 0 spiro atoms. The molecule has 0 bridgehead atoms. The van der Waals surface area contributed by atoms with E-state index in [1.165, 1.54) is 35.6 Å². The van der Waals surface area contributed by atoms with E-state index in [2.05, 4.69) is 10.3 Å². The van der Waals surface area contributed by atoms with E-state index in [1.54, 1.807) is 16.3 Å². The number of terminal acetylenes is 1. The Kier molecular flexibility index (Phi) is 5.25. The van der Waals surface area contributed by atoms with Crippen LogP contribution in [-0.4, -0.2) is 19.2 Å². The Morgan fingerprint density at radius 1 is 1.28 bits per heavy atom. The molecular formula is C17H13ClN2O2S3. The van der Waals surface area contributed by atoms with Crippen molar-refractivity contribution in [2.75, 3.05) is 6.26 Å². The second-order valence-electron chi connectivity index (χ2n) is 5.03. The van der Waals surface area contributed by atoms with Gasteiger partial charge in [0.15, 0.2) is 0 Å². The van der Waals surface area contributed by atoms with Gasteiger partial charge in [0, 0.05) is 9.92 Å². The number of hydrogen-bond acceptors (Lipinski definition) is 4. The third-order valence-corrected chi connectivity index (χ3v) is 6.86. The molecule has 0 fully saturated rings. The average molecular weight is 409 g/mol. The van der Waals surface area contributed by atoms with Crippen molar-refractivity contribution in [3.63, 3.8) is 0 Å². The molecule has 3 rings (SSSR count). The molecule has 0 N–H and O–H groups in total. The van der Waals surface area contributed by atoms with Crippen LogP contribution in [0.2, 0.25) is 5.02 Å². The van der Waals surface area contributed by atoms with Crippen molar-refractivity contribution >= 4 is 54.9 Å². The molecule has 8 heteroatoms. The Labute approximate surface area is 159 Å². The summed E-state index contributed by atoms with van der Waals surface area (Å²) in [5.74, 6) is 2.56. The number of rotatable bonds is 4. The van der Waals surface area contributed by atoms with Gasteiger partial charge in [-0.05, 0) is 48.7 Å². The van der Waals surface area contributed by atoms with Gasteiger partial charge in [-0.15, -0.1) is 22.6 Å². The first-order chi connectivity index (χ1) is 11.9. The molecule has 0 radical (unpaired) electrons. The summed E-state index contributed by atoms with van der Waals surface area (Å²) >= 11 is 8.74. The molecule has 128 valence electrons. The third-order valence-electron chi connectivity index (χ3n) is 3.45. The minimum atomic E-state index is -3.85. The molecule has 0 amide bonds. The normalized spacial score (nSPS) is 12.4. The number of aromatic nitrogens is 1. The molecule has 1 aromatic heterocycles. The van der Waals surface area contributed by atoms with E-state index in [0.29, 0.717) is 9.82 Å². The fourth-order valence-electron chi connectivity index (χ4n) is 2.26. The van der Waals surface area contributed by atoms with Crippen LogP contribution in [0.3, 0.4) is 0 Å². The lowest BCUT2D eigenvalue weighted by Gasteiger charge is -2.01. The van der Waals surface area contributed by atoms with Crippen LogP contribution in [0.15, 0.2) is 56.7 Å². The Bertz CT molecular complexity index is 1140. The predicted octanol–water partition coefficient (Wildman–Crippen LogP) is 4.00. The maximum absolute atomic E-state index is 12.6.